The Hall–Kier alpha value is -1.35. The summed E-state index contributed by atoms with van der Waals surface area (Å²) in [6.45, 7) is 4.16. The van der Waals surface area contributed by atoms with Crippen LogP contribution in [-0.2, 0) is 7.05 Å². The summed E-state index contributed by atoms with van der Waals surface area (Å²) in [4.78, 5) is 4.58. The van der Waals surface area contributed by atoms with Gasteiger partial charge in [0.15, 0.2) is 0 Å². The lowest BCUT2D eigenvalue weighted by atomic mass is 10.2. The first-order chi connectivity index (χ1) is 7.13. The molecule has 1 unspecified atom stereocenters. The van der Waals surface area contributed by atoms with Crippen LogP contribution in [-0.4, -0.2) is 9.55 Å². The van der Waals surface area contributed by atoms with E-state index < -0.39 is 0 Å². The quantitative estimate of drug-likeness (QED) is 0.813. The molecule has 15 heavy (non-hydrogen) atoms. The van der Waals surface area contributed by atoms with E-state index in [1.54, 1.807) is 0 Å². The monoisotopic (exact) mass is 203 g/mol. The number of rotatable bonds is 2. The molecule has 0 spiro atoms. The first-order valence-corrected chi connectivity index (χ1v) is 5.32. The molecule has 3 heteroatoms. The van der Waals surface area contributed by atoms with Crippen molar-refractivity contribution >= 4 is 11.0 Å². The van der Waals surface area contributed by atoms with Crippen molar-refractivity contribution in [2.75, 3.05) is 0 Å². The third-order valence-electron chi connectivity index (χ3n) is 2.84. The van der Waals surface area contributed by atoms with Gasteiger partial charge in [0.1, 0.15) is 5.82 Å². The second-order valence-corrected chi connectivity index (χ2v) is 4.04. The average molecular weight is 203 g/mol. The molecule has 80 valence electrons. The summed E-state index contributed by atoms with van der Waals surface area (Å²) >= 11 is 0. The molecule has 0 saturated carbocycles. The molecule has 0 aliphatic heterocycles. The normalized spacial score (nSPS) is 13.3. The van der Waals surface area contributed by atoms with E-state index in [2.05, 4.69) is 41.6 Å². The Bertz CT molecular complexity index is 485. The summed E-state index contributed by atoms with van der Waals surface area (Å²) in [5.74, 6) is 0.970. The Labute approximate surface area is 89.9 Å². The molecule has 0 aliphatic rings. The van der Waals surface area contributed by atoms with Crippen LogP contribution in [0.2, 0.25) is 0 Å². The molecule has 1 heterocycles. The van der Waals surface area contributed by atoms with Crippen molar-refractivity contribution in [2.45, 2.75) is 26.3 Å². The standard InChI is InChI=1S/C12H17N3/c1-4-9(13)12-14-10-7-8(2)5-6-11(10)15(12)3/h5-7,9H,4,13H2,1-3H3. The van der Waals surface area contributed by atoms with Crippen molar-refractivity contribution in [2.24, 2.45) is 12.8 Å². The average Bonchev–Trinajstić information content (AvgIpc) is 2.54. The van der Waals surface area contributed by atoms with Crippen molar-refractivity contribution in [1.29, 1.82) is 0 Å². The minimum Gasteiger partial charge on any atom is -0.330 e. The van der Waals surface area contributed by atoms with Crippen LogP contribution in [0.3, 0.4) is 0 Å². The van der Waals surface area contributed by atoms with Crippen LogP contribution >= 0.6 is 0 Å². The van der Waals surface area contributed by atoms with Crippen molar-refractivity contribution in [3.63, 3.8) is 0 Å². The number of hydrogen-bond acceptors (Lipinski definition) is 2. The summed E-state index contributed by atoms with van der Waals surface area (Å²) in [6, 6.07) is 6.33. The van der Waals surface area contributed by atoms with Gasteiger partial charge in [0.05, 0.1) is 17.1 Å². The molecule has 3 nitrogen and oxygen atoms in total. The maximum atomic E-state index is 6.01. The van der Waals surface area contributed by atoms with Crippen molar-refractivity contribution in [3.05, 3.63) is 29.6 Å². The summed E-state index contributed by atoms with van der Waals surface area (Å²) in [5.41, 5.74) is 9.44. The van der Waals surface area contributed by atoms with Gasteiger partial charge in [-0.05, 0) is 31.0 Å². The molecule has 1 atom stereocenters. The largest absolute Gasteiger partial charge is 0.330 e. The SMILES string of the molecule is CCC(N)c1nc2cc(C)ccc2n1C. The third kappa shape index (κ3) is 1.63. The Kier molecular flexibility index (Phi) is 2.49. The second-order valence-electron chi connectivity index (χ2n) is 4.04. The van der Waals surface area contributed by atoms with Gasteiger partial charge in [-0.1, -0.05) is 13.0 Å². The molecular weight excluding hydrogens is 186 g/mol. The van der Waals surface area contributed by atoms with E-state index in [9.17, 15) is 0 Å². The fourth-order valence-electron chi connectivity index (χ4n) is 1.84. The molecule has 0 amide bonds. The first kappa shape index (κ1) is 10.2. The van der Waals surface area contributed by atoms with Crippen LogP contribution < -0.4 is 5.73 Å². The van der Waals surface area contributed by atoms with Crippen LogP contribution in [0.25, 0.3) is 11.0 Å². The lowest BCUT2D eigenvalue weighted by molar-refractivity contribution is 0.623. The fraction of sp³-hybridized carbons (Fsp3) is 0.417. The number of nitrogens with zero attached hydrogens (tertiary/aromatic N) is 2. The number of imidazole rings is 1. The zero-order valence-electron chi connectivity index (χ0n) is 9.49. The van der Waals surface area contributed by atoms with Gasteiger partial charge >= 0.3 is 0 Å². The highest BCUT2D eigenvalue weighted by atomic mass is 15.1. The summed E-state index contributed by atoms with van der Waals surface area (Å²) in [5, 5.41) is 0. The number of nitrogens with two attached hydrogens (primary N) is 1. The summed E-state index contributed by atoms with van der Waals surface area (Å²) < 4.78 is 2.09. The molecule has 0 aliphatic carbocycles. The smallest absolute Gasteiger partial charge is 0.126 e. The van der Waals surface area contributed by atoms with Crippen molar-refractivity contribution < 1.29 is 0 Å². The number of hydrogen-bond donors (Lipinski definition) is 1. The lowest BCUT2D eigenvalue weighted by Gasteiger charge is -2.08. The Balaban J connectivity index is 2.63. The molecule has 0 saturated heterocycles. The third-order valence-corrected chi connectivity index (χ3v) is 2.84. The molecular formula is C12H17N3. The maximum Gasteiger partial charge on any atom is 0.126 e. The number of fused-ring (bicyclic) bond motifs is 1. The summed E-state index contributed by atoms with van der Waals surface area (Å²) in [6.07, 6.45) is 0.913. The first-order valence-electron chi connectivity index (χ1n) is 5.32. The zero-order valence-corrected chi connectivity index (χ0v) is 9.49. The highest BCUT2D eigenvalue weighted by molar-refractivity contribution is 5.76. The van der Waals surface area contributed by atoms with Crippen molar-refractivity contribution in [3.8, 4) is 0 Å². The van der Waals surface area contributed by atoms with Gasteiger partial charge in [0.2, 0.25) is 0 Å². The maximum absolute atomic E-state index is 6.01. The van der Waals surface area contributed by atoms with Gasteiger partial charge in [-0.3, -0.25) is 0 Å². The van der Waals surface area contributed by atoms with Crippen LogP contribution in [0.15, 0.2) is 18.2 Å². The summed E-state index contributed by atoms with van der Waals surface area (Å²) in [7, 11) is 2.02. The number of benzene rings is 1. The molecule has 2 rings (SSSR count). The van der Waals surface area contributed by atoms with Gasteiger partial charge in [0.25, 0.3) is 0 Å². The van der Waals surface area contributed by atoms with Gasteiger partial charge in [-0.15, -0.1) is 0 Å². The highest BCUT2D eigenvalue weighted by Crippen LogP contribution is 2.20. The highest BCUT2D eigenvalue weighted by Gasteiger charge is 2.12. The molecule has 0 fully saturated rings. The van der Waals surface area contributed by atoms with Gasteiger partial charge in [-0.2, -0.15) is 0 Å². The van der Waals surface area contributed by atoms with E-state index in [1.165, 1.54) is 5.56 Å². The lowest BCUT2D eigenvalue weighted by Crippen LogP contribution is -2.13. The minimum absolute atomic E-state index is 0.0303. The van der Waals surface area contributed by atoms with Crippen LogP contribution in [0.5, 0.6) is 0 Å². The van der Waals surface area contributed by atoms with Crippen molar-refractivity contribution in [1.82, 2.24) is 9.55 Å². The van der Waals surface area contributed by atoms with E-state index >= 15 is 0 Å². The Morgan fingerprint density at radius 3 is 2.87 bits per heavy atom. The van der Waals surface area contributed by atoms with E-state index in [0.717, 1.165) is 23.3 Å². The molecule has 2 aromatic rings. The molecule has 2 N–H and O–H groups in total. The van der Waals surface area contributed by atoms with Crippen LogP contribution in [0.4, 0.5) is 0 Å². The Morgan fingerprint density at radius 2 is 2.20 bits per heavy atom. The van der Waals surface area contributed by atoms with Gasteiger partial charge < -0.3 is 10.3 Å². The van der Waals surface area contributed by atoms with Crippen LogP contribution in [0, 0.1) is 6.92 Å². The Morgan fingerprint density at radius 1 is 1.47 bits per heavy atom. The predicted molar refractivity (Wildman–Crippen MR) is 62.7 cm³/mol. The minimum atomic E-state index is 0.0303. The molecule has 0 bridgehead atoms. The van der Waals surface area contributed by atoms with E-state index in [4.69, 9.17) is 5.73 Å². The fourth-order valence-corrected chi connectivity index (χ4v) is 1.84. The number of aryl methyl sites for hydroxylation is 2. The molecule has 1 aromatic carbocycles. The van der Waals surface area contributed by atoms with E-state index in [-0.39, 0.29) is 6.04 Å². The van der Waals surface area contributed by atoms with E-state index in [0.29, 0.717) is 0 Å². The zero-order chi connectivity index (χ0) is 11.0. The number of aromatic nitrogens is 2. The van der Waals surface area contributed by atoms with Gasteiger partial charge in [-0.25, -0.2) is 4.98 Å². The second kappa shape index (κ2) is 3.66. The molecule has 0 radical (unpaired) electrons. The predicted octanol–water partition coefficient (Wildman–Crippen LogP) is 2.29. The molecule has 1 aromatic heterocycles. The van der Waals surface area contributed by atoms with Gasteiger partial charge in [0, 0.05) is 7.05 Å². The van der Waals surface area contributed by atoms with E-state index in [1.807, 2.05) is 7.05 Å². The topological polar surface area (TPSA) is 43.8 Å². The van der Waals surface area contributed by atoms with Crippen LogP contribution in [0.1, 0.15) is 30.8 Å².